The number of methoxy groups -OCH3 is 4. The van der Waals surface area contributed by atoms with Gasteiger partial charge in [-0.25, -0.2) is 0 Å². The maximum absolute atomic E-state index is 11.3. The molecule has 4 rings (SSSR count). The van der Waals surface area contributed by atoms with Crippen LogP contribution in [-0.4, -0.2) is 45.0 Å². The first-order valence-electron chi connectivity index (χ1n) is 9.03. The van der Waals surface area contributed by atoms with E-state index in [9.17, 15) is 5.11 Å². The van der Waals surface area contributed by atoms with Gasteiger partial charge in [0, 0.05) is 13.1 Å². The Morgan fingerprint density at radius 1 is 0.778 bits per heavy atom. The third-order valence-electron chi connectivity index (χ3n) is 5.66. The van der Waals surface area contributed by atoms with Gasteiger partial charge in [0.05, 0.1) is 40.6 Å². The van der Waals surface area contributed by atoms with Crippen molar-refractivity contribution in [1.82, 2.24) is 4.90 Å². The third kappa shape index (κ3) is 2.80. The van der Waals surface area contributed by atoms with Crippen molar-refractivity contribution in [2.75, 3.05) is 35.0 Å². The SMILES string of the molecule is COc1cc2c(cc1OC)[C@@H](O)[C@H]1c3cc(OC)c(OC)cc3CCN1C2. The highest BCUT2D eigenvalue weighted by Crippen LogP contribution is 2.48. The van der Waals surface area contributed by atoms with Crippen LogP contribution in [-0.2, 0) is 13.0 Å². The summed E-state index contributed by atoms with van der Waals surface area (Å²) in [6, 6.07) is 7.77. The quantitative estimate of drug-likeness (QED) is 0.892. The predicted octanol–water partition coefficient (Wildman–Crippen LogP) is 2.87. The van der Waals surface area contributed by atoms with Crippen molar-refractivity contribution in [1.29, 1.82) is 0 Å². The van der Waals surface area contributed by atoms with E-state index in [1.807, 2.05) is 24.3 Å². The number of aliphatic hydroxyl groups excluding tert-OH is 1. The van der Waals surface area contributed by atoms with E-state index in [0.717, 1.165) is 42.0 Å². The number of fused-ring (bicyclic) bond motifs is 4. The Balaban J connectivity index is 1.81. The predicted molar refractivity (Wildman–Crippen MR) is 101 cm³/mol. The second kappa shape index (κ2) is 6.94. The molecule has 2 heterocycles. The monoisotopic (exact) mass is 371 g/mol. The van der Waals surface area contributed by atoms with Crippen molar-refractivity contribution < 1.29 is 24.1 Å². The van der Waals surface area contributed by atoms with Crippen LogP contribution in [0.5, 0.6) is 23.0 Å². The van der Waals surface area contributed by atoms with E-state index in [1.165, 1.54) is 5.56 Å². The van der Waals surface area contributed by atoms with E-state index in [4.69, 9.17) is 18.9 Å². The Morgan fingerprint density at radius 3 is 1.89 bits per heavy atom. The fraction of sp³-hybridized carbons (Fsp3) is 0.429. The number of hydrogen-bond donors (Lipinski definition) is 1. The average Bonchev–Trinajstić information content (AvgIpc) is 2.71. The number of aliphatic hydroxyl groups is 1. The molecule has 0 saturated heterocycles. The highest BCUT2D eigenvalue weighted by molar-refractivity contribution is 5.53. The molecule has 0 unspecified atom stereocenters. The molecule has 0 fully saturated rings. The van der Waals surface area contributed by atoms with Crippen LogP contribution < -0.4 is 18.9 Å². The number of hydrogen-bond acceptors (Lipinski definition) is 6. The molecule has 6 heteroatoms. The summed E-state index contributed by atoms with van der Waals surface area (Å²) >= 11 is 0. The van der Waals surface area contributed by atoms with Gasteiger partial charge in [0.1, 0.15) is 0 Å². The van der Waals surface area contributed by atoms with E-state index in [0.29, 0.717) is 17.2 Å². The molecule has 2 aliphatic rings. The van der Waals surface area contributed by atoms with Gasteiger partial charge in [-0.05, 0) is 52.9 Å². The van der Waals surface area contributed by atoms with E-state index < -0.39 is 6.10 Å². The molecule has 1 N–H and O–H groups in total. The lowest BCUT2D eigenvalue weighted by Crippen LogP contribution is -2.41. The maximum atomic E-state index is 11.3. The topological polar surface area (TPSA) is 60.4 Å². The van der Waals surface area contributed by atoms with Gasteiger partial charge in [-0.15, -0.1) is 0 Å². The normalized spacial score (nSPS) is 20.9. The first-order valence-corrected chi connectivity index (χ1v) is 9.03. The zero-order valence-corrected chi connectivity index (χ0v) is 16.1. The summed E-state index contributed by atoms with van der Waals surface area (Å²) in [6.45, 7) is 1.63. The van der Waals surface area contributed by atoms with Crippen LogP contribution >= 0.6 is 0 Å². The summed E-state index contributed by atoms with van der Waals surface area (Å²) in [5.74, 6) is 2.73. The van der Waals surface area contributed by atoms with Gasteiger partial charge in [-0.3, -0.25) is 4.90 Å². The largest absolute Gasteiger partial charge is 0.493 e. The van der Waals surface area contributed by atoms with Crippen molar-refractivity contribution in [2.45, 2.75) is 25.1 Å². The Labute approximate surface area is 159 Å². The number of nitrogens with zero attached hydrogens (tertiary/aromatic N) is 1. The minimum Gasteiger partial charge on any atom is -0.493 e. The summed E-state index contributed by atoms with van der Waals surface area (Å²) in [6.07, 6.45) is 0.243. The van der Waals surface area contributed by atoms with Gasteiger partial charge < -0.3 is 24.1 Å². The standard InChI is InChI=1S/C21H25NO5/c1-24-16-7-12-5-6-22-11-13-8-17(25-2)19(27-4)10-15(13)21(23)20(22)14(12)9-18(16)26-3/h7-10,20-21,23H,5-6,11H2,1-4H3/t20-,21-/m1/s1. The fourth-order valence-electron chi connectivity index (χ4n) is 4.31. The second-order valence-corrected chi connectivity index (χ2v) is 6.92. The van der Waals surface area contributed by atoms with E-state index >= 15 is 0 Å². The van der Waals surface area contributed by atoms with Gasteiger partial charge in [-0.1, -0.05) is 0 Å². The van der Waals surface area contributed by atoms with Crippen molar-refractivity contribution in [3.05, 3.63) is 46.5 Å². The van der Waals surface area contributed by atoms with Crippen LogP contribution in [0.3, 0.4) is 0 Å². The molecule has 144 valence electrons. The summed E-state index contributed by atoms with van der Waals surface area (Å²) in [5, 5.41) is 11.3. The second-order valence-electron chi connectivity index (χ2n) is 6.92. The molecule has 2 aliphatic heterocycles. The van der Waals surface area contributed by atoms with Crippen LogP contribution in [0.15, 0.2) is 24.3 Å². The van der Waals surface area contributed by atoms with Crippen molar-refractivity contribution >= 4 is 0 Å². The lowest BCUT2D eigenvalue weighted by molar-refractivity contribution is 0.0201. The van der Waals surface area contributed by atoms with E-state index in [2.05, 4.69) is 4.90 Å². The molecule has 0 saturated carbocycles. The fourth-order valence-corrected chi connectivity index (χ4v) is 4.31. The highest BCUT2D eigenvalue weighted by Gasteiger charge is 2.39. The van der Waals surface area contributed by atoms with Crippen LogP contribution in [0.2, 0.25) is 0 Å². The summed E-state index contributed by atoms with van der Waals surface area (Å²) in [4.78, 5) is 2.31. The van der Waals surface area contributed by atoms with Crippen molar-refractivity contribution in [2.24, 2.45) is 0 Å². The summed E-state index contributed by atoms with van der Waals surface area (Å²) < 4.78 is 21.8. The summed E-state index contributed by atoms with van der Waals surface area (Å²) in [7, 11) is 6.52. The number of benzene rings is 2. The molecule has 0 bridgehead atoms. The Bertz CT molecular complexity index is 866. The first kappa shape index (κ1) is 17.9. The van der Waals surface area contributed by atoms with Crippen molar-refractivity contribution in [3.8, 4) is 23.0 Å². The van der Waals surface area contributed by atoms with Crippen LogP contribution in [0.25, 0.3) is 0 Å². The van der Waals surface area contributed by atoms with Gasteiger partial charge in [0.2, 0.25) is 0 Å². The number of ether oxygens (including phenoxy) is 4. The lowest BCUT2D eigenvalue weighted by atomic mass is 9.81. The molecule has 0 aromatic heterocycles. The molecule has 27 heavy (non-hydrogen) atoms. The summed E-state index contributed by atoms with van der Waals surface area (Å²) in [5.41, 5.74) is 4.24. The van der Waals surface area contributed by atoms with E-state index in [1.54, 1.807) is 28.4 Å². The zero-order valence-electron chi connectivity index (χ0n) is 16.1. The smallest absolute Gasteiger partial charge is 0.161 e. The van der Waals surface area contributed by atoms with Gasteiger partial charge in [0.15, 0.2) is 23.0 Å². The van der Waals surface area contributed by atoms with Gasteiger partial charge >= 0.3 is 0 Å². The Kier molecular flexibility index (Phi) is 4.61. The molecule has 0 aliphatic carbocycles. The molecule has 2 aromatic rings. The van der Waals surface area contributed by atoms with Crippen molar-refractivity contribution in [3.63, 3.8) is 0 Å². The van der Waals surface area contributed by atoms with Crippen LogP contribution in [0, 0.1) is 0 Å². The van der Waals surface area contributed by atoms with Gasteiger partial charge in [-0.2, -0.15) is 0 Å². The molecule has 6 nitrogen and oxygen atoms in total. The Morgan fingerprint density at radius 2 is 1.30 bits per heavy atom. The third-order valence-corrected chi connectivity index (χ3v) is 5.66. The van der Waals surface area contributed by atoms with Crippen LogP contribution in [0.4, 0.5) is 0 Å². The molecular weight excluding hydrogens is 346 g/mol. The lowest BCUT2D eigenvalue weighted by Gasteiger charge is -2.44. The first-order chi connectivity index (χ1) is 13.1. The molecular formula is C21H25NO5. The highest BCUT2D eigenvalue weighted by atomic mass is 16.5. The molecule has 0 radical (unpaired) electrons. The van der Waals surface area contributed by atoms with E-state index in [-0.39, 0.29) is 6.04 Å². The maximum Gasteiger partial charge on any atom is 0.161 e. The Hall–Kier alpha value is -2.44. The minimum absolute atomic E-state index is 0.126. The number of rotatable bonds is 4. The average molecular weight is 371 g/mol. The molecule has 0 amide bonds. The minimum atomic E-state index is -0.661. The molecule has 2 aromatic carbocycles. The van der Waals surface area contributed by atoms with Gasteiger partial charge in [0.25, 0.3) is 0 Å². The molecule has 0 spiro atoms. The molecule has 2 atom stereocenters. The zero-order chi connectivity index (χ0) is 19.1. The van der Waals surface area contributed by atoms with Crippen LogP contribution in [0.1, 0.15) is 34.4 Å².